The zero-order chi connectivity index (χ0) is 14.5. The highest BCUT2D eigenvalue weighted by Gasteiger charge is 2.34. The first kappa shape index (κ1) is 16.2. The molecule has 19 heavy (non-hydrogen) atoms. The first-order chi connectivity index (χ1) is 8.95. The minimum atomic E-state index is -0.713. The molecule has 0 radical (unpaired) electrons. The average molecular weight is 328 g/mol. The molecule has 1 aromatic carbocycles. The summed E-state index contributed by atoms with van der Waals surface area (Å²) >= 11 is 3.51. The molecule has 0 aliphatic heterocycles. The molecular formula is C15H22BrNO2. The molecule has 0 bridgehead atoms. The quantitative estimate of drug-likeness (QED) is 0.802. The Bertz CT molecular complexity index is 442. The number of hydrogen-bond donors (Lipinski definition) is 2. The number of halogens is 1. The molecule has 0 aromatic heterocycles. The fraction of sp³-hybridized carbons (Fsp3) is 0.533. The van der Waals surface area contributed by atoms with Crippen LogP contribution in [0.25, 0.3) is 0 Å². The summed E-state index contributed by atoms with van der Waals surface area (Å²) in [6.45, 7) is 7.10. The maximum atomic E-state index is 11.4. The molecule has 2 N–H and O–H groups in total. The summed E-state index contributed by atoms with van der Waals surface area (Å²) in [6.07, 6.45) is 1.28. The van der Waals surface area contributed by atoms with E-state index in [1.165, 1.54) is 5.56 Å². The van der Waals surface area contributed by atoms with Gasteiger partial charge in [0.05, 0.1) is 5.41 Å². The van der Waals surface area contributed by atoms with Crippen LogP contribution in [0.1, 0.15) is 37.8 Å². The number of carboxylic acid groups (broad SMARTS) is 1. The van der Waals surface area contributed by atoms with Crippen molar-refractivity contribution < 1.29 is 9.90 Å². The van der Waals surface area contributed by atoms with Gasteiger partial charge in [-0.05, 0) is 37.0 Å². The van der Waals surface area contributed by atoms with E-state index in [-0.39, 0.29) is 0 Å². The maximum Gasteiger partial charge on any atom is 0.310 e. The third-order valence-corrected chi connectivity index (χ3v) is 4.69. The van der Waals surface area contributed by atoms with Gasteiger partial charge in [-0.25, -0.2) is 0 Å². The van der Waals surface area contributed by atoms with E-state index in [0.717, 1.165) is 10.0 Å². The topological polar surface area (TPSA) is 49.3 Å². The van der Waals surface area contributed by atoms with Crippen LogP contribution in [0.2, 0.25) is 0 Å². The molecule has 0 aliphatic rings. The number of aryl methyl sites for hydroxylation is 1. The Hall–Kier alpha value is -0.870. The summed E-state index contributed by atoms with van der Waals surface area (Å²) in [5.74, 6) is -0.713. The van der Waals surface area contributed by atoms with Crippen molar-refractivity contribution in [3.05, 3.63) is 33.8 Å². The second kappa shape index (κ2) is 7.06. The molecule has 0 heterocycles. The van der Waals surface area contributed by atoms with E-state index in [1.807, 2.05) is 20.8 Å². The minimum Gasteiger partial charge on any atom is -0.481 e. The molecule has 1 rings (SSSR count). The summed E-state index contributed by atoms with van der Waals surface area (Å²) < 4.78 is 1.09. The van der Waals surface area contributed by atoms with Crippen LogP contribution in [0.3, 0.4) is 0 Å². The van der Waals surface area contributed by atoms with E-state index in [1.54, 1.807) is 0 Å². The molecule has 4 heteroatoms. The van der Waals surface area contributed by atoms with Crippen LogP contribution >= 0.6 is 15.9 Å². The lowest BCUT2D eigenvalue weighted by molar-refractivity contribution is -0.149. The zero-order valence-electron chi connectivity index (χ0n) is 11.8. The summed E-state index contributed by atoms with van der Waals surface area (Å²) in [5.41, 5.74) is 1.71. The molecule has 0 fully saturated rings. The zero-order valence-corrected chi connectivity index (χ0v) is 13.4. The van der Waals surface area contributed by atoms with E-state index in [0.29, 0.717) is 25.9 Å². The van der Waals surface area contributed by atoms with Crippen molar-refractivity contribution in [1.82, 2.24) is 5.32 Å². The molecule has 3 nitrogen and oxygen atoms in total. The van der Waals surface area contributed by atoms with E-state index in [4.69, 9.17) is 0 Å². The van der Waals surface area contributed by atoms with Gasteiger partial charge in [-0.15, -0.1) is 0 Å². The third kappa shape index (κ3) is 4.05. The molecule has 0 aliphatic carbocycles. The summed E-state index contributed by atoms with van der Waals surface area (Å²) in [6, 6.07) is 6.20. The van der Waals surface area contributed by atoms with Crippen molar-refractivity contribution in [2.24, 2.45) is 5.41 Å². The Morgan fingerprint density at radius 1 is 1.37 bits per heavy atom. The summed E-state index contributed by atoms with van der Waals surface area (Å²) in [7, 11) is 0. The predicted octanol–water partition coefficient (Wildman–Crippen LogP) is 3.74. The predicted molar refractivity (Wildman–Crippen MR) is 81.2 cm³/mol. The Morgan fingerprint density at radius 3 is 2.47 bits per heavy atom. The lowest BCUT2D eigenvalue weighted by Gasteiger charge is -2.27. The molecule has 0 unspecified atom stereocenters. The van der Waals surface area contributed by atoms with Crippen LogP contribution in [0.4, 0.5) is 0 Å². The van der Waals surface area contributed by atoms with Gasteiger partial charge in [0.2, 0.25) is 0 Å². The van der Waals surface area contributed by atoms with Crippen molar-refractivity contribution in [2.45, 2.75) is 40.2 Å². The second-order valence-electron chi connectivity index (χ2n) is 4.98. The molecule has 0 saturated heterocycles. The van der Waals surface area contributed by atoms with Crippen molar-refractivity contribution in [2.75, 3.05) is 6.54 Å². The normalized spacial score (nSPS) is 11.6. The lowest BCUT2D eigenvalue weighted by atomic mass is 9.82. The number of benzene rings is 1. The van der Waals surface area contributed by atoms with E-state index in [9.17, 15) is 9.90 Å². The molecule has 1 aromatic rings. The molecule has 0 atom stereocenters. The average Bonchev–Trinajstić information content (AvgIpc) is 2.39. The monoisotopic (exact) mass is 327 g/mol. The molecule has 0 spiro atoms. The first-order valence-electron chi connectivity index (χ1n) is 6.64. The van der Waals surface area contributed by atoms with Crippen molar-refractivity contribution in [3.8, 4) is 0 Å². The van der Waals surface area contributed by atoms with E-state index < -0.39 is 11.4 Å². The largest absolute Gasteiger partial charge is 0.481 e. The van der Waals surface area contributed by atoms with Gasteiger partial charge >= 0.3 is 5.97 Å². The number of nitrogens with one attached hydrogen (secondary N) is 1. The van der Waals surface area contributed by atoms with Crippen molar-refractivity contribution in [3.63, 3.8) is 0 Å². The van der Waals surface area contributed by atoms with Crippen LogP contribution in [0.5, 0.6) is 0 Å². The lowest BCUT2D eigenvalue weighted by Crippen LogP contribution is -2.40. The Labute approximate surface area is 123 Å². The molecular weight excluding hydrogens is 306 g/mol. The smallest absolute Gasteiger partial charge is 0.310 e. The van der Waals surface area contributed by atoms with Gasteiger partial charge in [0.25, 0.3) is 0 Å². The standard InChI is InChI=1S/C15H22BrNO2/c1-4-15(5-2,14(18)19)10-17-9-12-7-6-11(3)13(16)8-12/h6-8,17H,4-5,9-10H2,1-3H3,(H,18,19). The Kier molecular flexibility index (Phi) is 6.01. The number of carbonyl (C=O) groups is 1. The highest BCUT2D eigenvalue weighted by molar-refractivity contribution is 9.10. The van der Waals surface area contributed by atoms with Gasteiger partial charge in [-0.1, -0.05) is 41.9 Å². The number of aliphatic carboxylic acids is 1. The van der Waals surface area contributed by atoms with Gasteiger partial charge in [-0.2, -0.15) is 0 Å². The summed E-state index contributed by atoms with van der Waals surface area (Å²) in [5, 5.41) is 12.6. The SMILES string of the molecule is CCC(CC)(CNCc1ccc(C)c(Br)c1)C(=O)O. The van der Waals surface area contributed by atoms with Gasteiger partial charge in [0.1, 0.15) is 0 Å². The fourth-order valence-electron chi connectivity index (χ4n) is 2.07. The number of rotatable bonds is 7. The van der Waals surface area contributed by atoms with Gasteiger partial charge in [-0.3, -0.25) is 4.79 Å². The summed E-state index contributed by atoms with van der Waals surface area (Å²) in [4.78, 5) is 11.4. The van der Waals surface area contributed by atoms with Crippen molar-refractivity contribution >= 4 is 21.9 Å². The van der Waals surface area contributed by atoms with E-state index in [2.05, 4.69) is 39.4 Å². The van der Waals surface area contributed by atoms with E-state index >= 15 is 0 Å². The van der Waals surface area contributed by atoms with Crippen LogP contribution in [0.15, 0.2) is 22.7 Å². The van der Waals surface area contributed by atoms with Crippen LogP contribution in [-0.4, -0.2) is 17.6 Å². The third-order valence-electron chi connectivity index (χ3n) is 3.84. The highest BCUT2D eigenvalue weighted by atomic mass is 79.9. The molecule has 0 amide bonds. The van der Waals surface area contributed by atoms with Crippen LogP contribution < -0.4 is 5.32 Å². The minimum absolute atomic E-state index is 0.501. The van der Waals surface area contributed by atoms with Crippen molar-refractivity contribution in [1.29, 1.82) is 0 Å². The fourth-order valence-corrected chi connectivity index (χ4v) is 2.50. The Morgan fingerprint density at radius 2 is 2.00 bits per heavy atom. The van der Waals surface area contributed by atoms with Crippen LogP contribution in [-0.2, 0) is 11.3 Å². The van der Waals surface area contributed by atoms with Gasteiger partial charge < -0.3 is 10.4 Å². The molecule has 106 valence electrons. The maximum absolute atomic E-state index is 11.4. The first-order valence-corrected chi connectivity index (χ1v) is 7.43. The van der Waals surface area contributed by atoms with Gasteiger partial charge in [0, 0.05) is 17.6 Å². The van der Waals surface area contributed by atoms with Crippen LogP contribution in [0, 0.1) is 12.3 Å². The second-order valence-corrected chi connectivity index (χ2v) is 5.83. The Balaban J connectivity index is 2.61. The molecule has 0 saturated carbocycles. The van der Waals surface area contributed by atoms with Gasteiger partial charge in [0.15, 0.2) is 0 Å². The number of hydrogen-bond acceptors (Lipinski definition) is 2. The number of carboxylic acids is 1. The highest BCUT2D eigenvalue weighted by Crippen LogP contribution is 2.26.